The molecule has 2 N–H and O–H groups in total. The third-order valence-electron chi connectivity index (χ3n) is 4.60. The molecule has 0 aliphatic carbocycles. The average Bonchev–Trinajstić information content (AvgIpc) is 3.16. The molecule has 6 nitrogen and oxygen atoms in total. The predicted octanol–water partition coefficient (Wildman–Crippen LogP) is 2.35. The molecule has 2 unspecified atom stereocenters. The number of urea groups is 1. The zero-order chi connectivity index (χ0) is 16.9. The predicted molar refractivity (Wildman–Crippen MR) is 91.9 cm³/mol. The lowest BCUT2D eigenvalue weighted by Crippen LogP contribution is -2.46. The largest absolute Gasteiger partial charge is 0.396 e. The number of amides is 2. The Labute approximate surface area is 142 Å². The van der Waals surface area contributed by atoms with Gasteiger partial charge in [0, 0.05) is 37.8 Å². The van der Waals surface area contributed by atoms with Crippen LogP contribution in [0.3, 0.4) is 0 Å². The van der Waals surface area contributed by atoms with Crippen LogP contribution < -0.4 is 5.32 Å². The lowest BCUT2D eigenvalue weighted by molar-refractivity contribution is 0.128. The standard InChI is InChI=1S/C18H24N4O2/c1-14(20-18(24)21-9-2-3-15(11-21)12-23)16-4-6-17(7-5-16)22-10-8-19-13-22/h4-8,10,13-15,23H,2-3,9,11-12H2,1H3,(H,20,24). The van der Waals surface area contributed by atoms with Crippen LogP contribution in [-0.2, 0) is 0 Å². The van der Waals surface area contributed by atoms with Crippen molar-refractivity contribution in [3.8, 4) is 5.69 Å². The smallest absolute Gasteiger partial charge is 0.317 e. The van der Waals surface area contributed by atoms with Crippen molar-refractivity contribution >= 4 is 6.03 Å². The normalized spacial score (nSPS) is 19.1. The van der Waals surface area contributed by atoms with Crippen LogP contribution in [-0.4, -0.2) is 45.3 Å². The quantitative estimate of drug-likeness (QED) is 0.905. The molecule has 128 valence electrons. The van der Waals surface area contributed by atoms with Crippen LogP contribution in [0, 0.1) is 5.92 Å². The van der Waals surface area contributed by atoms with Gasteiger partial charge in [0.1, 0.15) is 0 Å². The Morgan fingerprint density at radius 1 is 1.42 bits per heavy atom. The first-order valence-electron chi connectivity index (χ1n) is 8.42. The summed E-state index contributed by atoms with van der Waals surface area (Å²) in [6.07, 6.45) is 7.34. The molecule has 24 heavy (non-hydrogen) atoms. The Kier molecular flexibility index (Phi) is 5.15. The molecule has 2 aromatic rings. The fourth-order valence-electron chi connectivity index (χ4n) is 3.11. The minimum absolute atomic E-state index is 0.0562. The van der Waals surface area contributed by atoms with Crippen molar-refractivity contribution in [1.29, 1.82) is 0 Å². The van der Waals surface area contributed by atoms with E-state index >= 15 is 0 Å². The molecule has 6 heteroatoms. The molecule has 0 spiro atoms. The summed E-state index contributed by atoms with van der Waals surface area (Å²) in [7, 11) is 0. The summed E-state index contributed by atoms with van der Waals surface area (Å²) in [5, 5.41) is 12.3. The average molecular weight is 328 g/mol. The van der Waals surface area contributed by atoms with E-state index in [2.05, 4.69) is 10.3 Å². The topological polar surface area (TPSA) is 70.4 Å². The van der Waals surface area contributed by atoms with Gasteiger partial charge in [-0.15, -0.1) is 0 Å². The summed E-state index contributed by atoms with van der Waals surface area (Å²) in [4.78, 5) is 18.3. The summed E-state index contributed by atoms with van der Waals surface area (Å²) >= 11 is 0. The van der Waals surface area contributed by atoms with Crippen molar-refractivity contribution in [3.05, 3.63) is 48.5 Å². The molecule has 2 atom stereocenters. The van der Waals surface area contributed by atoms with Crippen LogP contribution in [0.4, 0.5) is 4.79 Å². The summed E-state index contributed by atoms with van der Waals surface area (Å²) in [5.41, 5.74) is 2.10. The van der Waals surface area contributed by atoms with E-state index < -0.39 is 0 Å². The zero-order valence-corrected chi connectivity index (χ0v) is 13.9. The molecule has 0 radical (unpaired) electrons. The van der Waals surface area contributed by atoms with Crippen LogP contribution in [0.2, 0.25) is 0 Å². The summed E-state index contributed by atoms with van der Waals surface area (Å²) in [6.45, 7) is 3.52. The number of benzene rings is 1. The molecule has 1 fully saturated rings. The summed E-state index contributed by atoms with van der Waals surface area (Å²) in [5.74, 6) is 0.203. The number of nitrogens with zero attached hydrogens (tertiary/aromatic N) is 3. The number of hydrogen-bond acceptors (Lipinski definition) is 3. The highest BCUT2D eigenvalue weighted by atomic mass is 16.3. The maximum atomic E-state index is 12.4. The van der Waals surface area contributed by atoms with Crippen LogP contribution in [0.25, 0.3) is 5.69 Å². The molecule has 0 saturated carbocycles. The molecular formula is C18H24N4O2. The van der Waals surface area contributed by atoms with E-state index in [1.807, 2.05) is 42.0 Å². The van der Waals surface area contributed by atoms with E-state index in [0.717, 1.165) is 30.6 Å². The maximum Gasteiger partial charge on any atom is 0.317 e. The van der Waals surface area contributed by atoms with Gasteiger partial charge in [0.05, 0.1) is 12.4 Å². The third-order valence-corrected chi connectivity index (χ3v) is 4.60. The first-order valence-corrected chi connectivity index (χ1v) is 8.42. The highest BCUT2D eigenvalue weighted by Gasteiger charge is 2.24. The Hall–Kier alpha value is -2.34. The number of aromatic nitrogens is 2. The van der Waals surface area contributed by atoms with E-state index in [9.17, 15) is 9.90 Å². The molecule has 1 aliphatic rings. The van der Waals surface area contributed by atoms with Crippen molar-refractivity contribution in [1.82, 2.24) is 19.8 Å². The maximum absolute atomic E-state index is 12.4. The van der Waals surface area contributed by atoms with Gasteiger partial charge >= 0.3 is 6.03 Å². The number of piperidine rings is 1. The van der Waals surface area contributed by atoms with Gasteiger partial charge in [-0.2, -0.15) is 0 Å². The monoisotopic (exact) mass is 328 g/mol. The van der Waals surface area contributed by atoms with Gasteiger partial charge in [0.25, 0.3) is 0 Å². The lowest BCUT2D eigenvalue weighted by atomic mass is 9.99. The van der Waals surface area contributed by atoms with Crippen LogP contribution >= 0.6 is 0 Å². The fourth-order valence-corrected chi connectivity index (χ4v) is 3.11. The van der Waals surface area contributed by atoms with Crippen molar-refractivity contribution in [3.63, 3.8) is 0 Å². The second kappa shape index (κ2) is 7.49. The second-order valence-corrected chi connectivity index (χ2v) is 6.37. The van der Waals surface area contributed by atoms with Gasteiger partial charge < -0.3 is 19.9 Å². The van der Waals surface area contributed by atoms with Crippen molar-refractivity contribution < 1.29 is 9.90 Å². The fraction of sp³-hybridized carbons (Fsp3) is 0.444. The first-order chi connectivity index (χ1) is 11.7. The van der Waals surface area contributed by atoms with E-state index in [1.165, 1.54) is 0 Å². The highest BCUT2D eigenvalue weighted by Crippen LogP contribution is 2.19. The van der Waals surface area contributed by atoms with Crippen molar-refractivity contribution in [2.45, 2.75) is 25.8 Å². The van der Waals surface area contributed by atoms with Gasteiger partial charge in [-0.3, -0.25) is 0 Å². The number of aliphatic hydroxyl groups is 1. The molecule has 2 amide bonds. The molecule has 1 aromatic heterocycles. The Balaban J connectivity index is 1.60. The number of aliphatic hydroxyl groups excluding tert-OH is 1. The number of imidazole rings is 1. The molecule has 0 bridgehead atoms. The van der Waals surface area contributed by atoms with Crippen LogP contribution in [0.15, 0.2) is 43.0 Å². The molecule has 1 saturated heterocycles. The Morgan fingerprint density at radius 2 is 2.21 bits per heavy atom. The number of carbonyl (C=O) groups is 1. The minimum Gasteiger partial charge on any atom is -0.396 e. The number of nitrogens with one attached hydrogen (secondary N) is 1. The van der Waals surface area contributed by atoms with Crippen LogP contribution in [0.1, 0.15) is 31.4 Å². The van der Waals surface area contributed by atoms with E-state index in [-0.39, 0.29) is 24.6 Å². The van der Waals surface area contributed by atoms with E-state index in [1.54, 1.807) is 17.4 Å². The third kappa shape index (κ3) is 3.76. The van der Waals surface area contributed by atoms with Gasteiger partial charge in [-0.05, 0) is 43.4 Å². The number of carbonyl (C=O) groups excluding carboxylic acids is 1. The molecule has 3 rings (SSSR count). The minimum atomic E-state index is -0.0659. The van der Waals surface area contributed by atoms with E-state index in [0.29, 0.717) is 6.54 Å². The van der Waals surface area contributed by atoms with Crippen LogP contribution in [0.5, 0.6) is 0 Å². The number of hydrogen-bond donors (Lipinski definition) is 2. The number of rotatable bonds is 4. The SMILES string of the molecule is CC(NC(=O)N1CCCC(CO)C1)c1ccc(-n2ccnc2)cc1. The van der Waals surface area contributed by atoms with Gasteiger partial charge in [-0.25, -0.2) is 9.78 Å². The van der Waals surface area contributed by atoms with Crippen molar-refractivity contribution in [2.75, 3.05) is 19.7 Å². The van der Waals surface area contributed by atoms with Crippen molar-refractivity contribution in [2.24, 2.45) is 5.92 Å². The summed E-state index contributed by atoms with van der Waals surface area (Å²) in [6, 6.07) is 7.95. The van der Waals surface area contributed by atoms with Gasteiger partial charge in [0.2, 0.25) is 0 Å². The Morgan fingerprint density at radius 3 is 2.88 bits per heavy atom. The second-order valence-electron chi connectivity index (χ2n) is 6.37. The molecule has 1 aromatic carbocycles. The summed E-state index contributed by atoms with van der Waals surface area (Å²) < 4.78 is 1.94. The molecule has 2 heterocycles. The lowest BCUT2D eigenvalue weighted by Gasteiger charge is -2.32. The molecule has 1 aliphatic heterocycles. The first kappa shape index (κ1) is 16.5. The highest BCUT2D eigenvalue weighted by molar-refractivity contribution is 5.74. The Bertz CT molecular complexity index is 654. The molecular weight excluding hydrogens is 304 g/mol. The van der Waals surface area contributed by atoms with Gasteiger partial charge in [-0.1, -0.05) is 12.1 Å². The zero-order valence-electron chi connectivity index (χ0n) is 13.9. The van der Waals surface area contributed by atoms with Gasteiger partial charge in [0.15, 0.2) is 0 Å². The number of likely N-dealkylation sites (tertiary alicyclic amines) is 1. The van der Waals surface area contributed by atoms with E-state index in [4.69, 9.17) is 0 Å².